The van der Waals surface area contributed by atoms with E-state index in [1.165, 1.54) is 0 Å². The van der Waals surface area contributed by atoms with E-state index in [4.69, 9.17) is 24.4 Å². The third kappa shape index (κ3) is 9.61. The number of thiocarbonyl (C=S) groups is 2. The Morgan fingerprint density at radius 3 is 1.35 bits per heavy atom. The van der Waals surface area contributed by atoms with Gasteiger partial charge >= 0.3 is 0 Å². The van der Waals surface area contributed by atoms with Gasteiger partial charge in [-0.05, 0) is 68.4 Å². The summed E-state index contributed by atoms with van der Waals surface area (Å²) in [6.07, 6.45) is 2.10. The molecule has 0 bridgehead atoms. The van der Waals surface area contributed by atoms with Crippen LogP contribution in [0.3, 0.4) is 0 Å². The molecule has 0 aromatic heterocycles. The Labute approximate surface area is 238 Å². The van der Waals surface area contributed by atoms with Gasteiger partial charge in [0.2, 0.25) is 11.8 Å². The molecule has 2 atom stereocenters. The van der Waals surface area contributed by atoms with E-state index in [2.05, 4.69) is 27.7 Å². The normalized spacial score (nSPS) is 19.0. The molecule has 0 radical (unpaired) electrons. The molecule has 2 aliphatic rings. The SMILES string of the molecule is CCN1CC(=O)N(CC(C)(C)CCS(=O)CCCS(=O)CCC(C)(C)CN2C(=O)CN(CC)C2=S)C1=S. The van der Waals surface area contributed by atoms with Gasteiger partial charge in [-0.2, -0.15) is 0 Å². The molecule has 0 aromatic rings. The van der Waals surface area contributed by atoms with Crippen LogP contribution < -0.4 is 0 Å². The maximum Gasteiger partial charge on any atom is 0.248 e. The van der Waals surface area contributed by atoms with Crippen molar-refractivity contribution in [1.82, 2.24) is 19.6 Å². The average Bonchev–Trinajstić information content (AvgIpc) is 3.25. The maximum absolute atomic E-state index is 12.6. The number of rotatable bonds is 16. The molecule has 0 saturated carbocycles. The van der Waals surface area contributed by atoms with Gasteiger partial charge in [-0.1, -0.05) is 27.7 Å². The van der Waals surface area contributed by atoms with Crippen molar-refractivity contribution in [1.29, 1.82) is 0 Å². The van der Waals surface area contributed by atoms with Crippen LogP contribution in [-0.2, 0) is 31.2 Å². The highest BCUT2D eigenvalue weighted by molar-refractivity contribution is 7.85. The fourth-order valence-electron chi connectivity index (χ4n) is 4.37. The van der Waals surface area contributed by atoms with Crippen LogP contribution in [0.4, 0.5) is 0 Å². The summed E-state index contributed by atoms with van der Waals surface area (Å²) in [4.78, 5) is 31.8. The molecule has 2 aliphatic heterocycles. The van der Waals surface area contributed by atoms with E-state index in [9.17, 15) is 18.0 Å². The fourth-order valence-corrected chi connectivity index (χ4v) is 8.18. The minimum Gasteiger partial charge on any atom is -0.340 e. The molecule has 2 amide bonds. The summed E-state index contributed by atoms with van der Waals surface area (Å²) in [6, 6.07) is 0. The molecule has 2 heterocycles. The summed E-state index contributed by atoms with van der Waals surface area (Å²) < 4.78 is 25.2. The maximum atomic E-state index is 12.6. The number of carbonyl (C=O) groups is 2. The molecule has 2 unspecified atom stereocenters. The number of carbonyl (C=O) groups excluding carboxylic acids is 2. The van der Waals surface area contributed by atoms with Crippen molar-refractivity contribution in [3.8, 4) is 0 Å². The van der Waals surface area contributed by atoms with Crippen LogP contribution in [0.15, 0.2) is 0 Å². The molecule has 8 nitrogen and oxygen atoms in total. The second-order valence-corrected chi connectivity index (χ2v) is 15.6. The third-order valence-corrected chi connectivity index (χ3v) is 10.7. The molecular weight excluding hydrogens is 549 g/mol. The first-order valence-corrected chi connectivity index (χ1v) is 16.9. The van der Waals surface area contributed by atoms with E-state index < -0.39 is 21.6 Å². The van der Waals surface area contributed by atoms with Gasteiger partial charge in [0.1, 0.15) is 0 Å². The molecule has 0 N–H and O–H groups in total. The number of hydrogen-bond donors (Lipinski definition) is 0. The molecule has 2 fully saturated rings. The van der Waals surface area contributed by atoms with Crippen LogP contribution in [0.2, 0.25) is 0 Å². The van der Waals surface area contributed by atoms with E-state index in [0.717, 1.165) is 12.8 Å². The van der Waals surface area contributed by atoms with Crippen LogP contribution in [0, 0.1) is 10.8 Å². The van der Waals surface area contributed by atoms with Crippen LogP contribution in [0.25, 0.3) is 0 Å². The van der Waals surface area contributed by atoms with E-state index in [1.54, 1.807) is 9.80 Å². The Bertz CT molecular complexity index is 852. The Kier molecular flexibility index (Phi) is 12.1. The van der Waals surface area contributed by atoms with E-state index in [-0.39, 0.29) is 22.6 Å². The molecule has 37 heavy (non-hydrogen) atoms. The standard InChI is InChI=1S/C25H44N4O4S4/c1-7-26-16-20(30)28(22(26)34)18-24(3,4)10-14-36(32)12-9-13-37(33)15-11-25(5,6)19-29-21(31)17-27(8-2)23(29)35/h7-19H2,1-6H3. The lowest BCUT2D eigenvalue weighted by Crippen LogP contribution is -2.40. The number of nitrogens with zero attached hydrogens (tertiary/aromatic N) is 4. The highest BCUT2D eigenvalue weighted by Crippen LogP contribution is 2.26. The van der Waals surface area contributed by atoms with Crippen LogP contribution in [-0.4, -0.2) is 112 Å². The summed E-state index contributed by atoms with van der Waals surface area (Å²) in [5.41, 5.74) is -0.387. The Balaban J connectivity index is 1.67. The average molecular weight is 593 g/mol. The van der Waals surface area contributed by atoms with Crippen molar-refractivity contribution >= 4 is 68.1 Å². The monoisotopic (exact) mass is 592 g/mol. The van der Waals surface area contributed by atoms with Crippen LogP contribution >= 0.6 is 24.4 Å². The first kappa shape index (κ1) is 32.2. The van der Waals surface area contributed by atoms with Gasteiger partial charge in [-0.25, -0.2) is 0 Å². The van der Waals surface area contributed by atoms with Gasteiger partial charge < -0.3 is 9.80 Å². The fraction of sp³-hybridized carbons (Fsp3) is 0.840. The Hall–Kier alpha value is -0.980. The molecule has 2 rings (SSSR count). The minimum atomic E-state index is -0.993. The first-order valence-electron chi connectivity index (χ1n) is 13.1. The van der Waals surface area contributed by atoms with Crippen LogP contribution in [0.1, 0.15) is 60.8 Å². The third-order valence-electron chi connectivity index (χ3n) is 6.95. The topological polar surface area (TPSA) is 81.2 Å². The minimum absolute atomic E-state index is 0.0318. The predicted octanol–water partition coefficient (Wildman–Crippen LogP) is 2.60. The zero-order valence-electron chi connectivity index (χ0n) is 23.2. The summed E-state index contributed by atoms with van der Waals surface area (Å²) in [5, 5.41) is 1.18. The summed E-state index contributed by atoms with van der Waals surface area (Å²) >= 11 is 10.9. The van der Waals surface area contributed by atoms with Gasteiger partial charge in [0.25, 0.3) is 0 Å². The lowest BCUT2D eigenvalue weighted by Gasteiger charge is -2.30. The van der Waals surface area contributed by atoms with Crippen molar-refractivity contribution in [3.05, 3.63) is 0 Å². The van der Waals surface area contributed by atoms with E-state index in [0.29, 0.717) is 78.9 Å². The van der Waals surface area contributed by atoms with Crippen molar-refractivity contribution in [2.45, 2.75) is 60.8 Å². The zero-order valence-corrected chi connectivity index (χ0v) is 26.5. The summed E-state index contributed by atoms with van der Waals surface area (Å²) in [7, 11) is -1.99. The predicted molar refractivity (Wildman–Crippen MR) is 160 cm³/mol. The van der Waals surface area contributed by atoms with Gasteiger partial charge in [0.15, 0.2) is 10.2 Å². The van der Waals surface area contributed by atoms with Gasteiger partial charge in [-0.3, -0.25) is 27.8 Å². The number of amides is 2. The summed E-state index contributed by atoms with van der Waals surface area (Å²) in [5.74, 6) is 2.22. The second-order valence-electron chi connectivity index (χ2n) is 11.4. The lowest BCUT2D eigenvalue weighted by molar-refractivity contribution is -0.126. The quantitative estimate of drug-likeness (QED) is 0.253. The smallest absolute Gasteiger partial charge is 0.248 e. The van der Waals surface area contributed by atoms with Crippen molar-refractivity contribution in [2.75, 3.05) is 62.3 Å². The van der Waals surface area contributed by atoms with Gasteiger partial charge in [0, 0.05) is 70.8 Å². The molecule has 0 aromatic carbocycles. The molecule has 0 spiro atoms. The van der Waals surface area contributed by atoms with Crippen molar-refractivity contribution < 1.29 is 18.0 Å². The molecule has 0 aliphatic carbocycles. The highest BCUT2D eigenvalue weighted by atomic mass is 32.2. The van der Waals surface area contributed by atoms with Gasteiger partial charge in [0.05, 0.1) is 13.1 Å². The Morgan fingerprint density at radius 2 is 1.05 bits per heavy atom. The van der Waals surface area contributed by atoms with Crippen molar-refractivity contribution in [2.24, 2.45) is 10.8 Å². The summed E-state index contributed by atoms with van der Waals surface area (Å²) in [6.45, 7) is 15.4. The zero-order chi connectivity index (χ0) is 28.0. The molecule has 12 heteroatoms. The number of hydrogen-bond acceptors (Lipinski definition) is 6. The number of likely N-dealkylation sites (N-methyl/N-ethyl adjacent to an activating group) is 2. The van der Waals surface area contributed by atoms with Crippen LogP contribution in [0.5, 0.6) is 0 Å². The molecule has 212 valence electrons. The molecule has 2 saturated heterocycles. The van der Waals surface area contributed by atoms with Crippen molar-refractivity contribution in [3.63, 3.8) is 0 Å². The first-order chi connectivity index (χ1) is 17.2. The highest BCUT2D eigenvalue weighted by Gasteiger charge is 2.36. The lowest BCUT2D eigenvalue weighted by atomic mass is 9.89. The Morgan fingerprint density at radius 1 is 0.703 bits per heavy atom. The second kappa shape index (κ2) is 13.9. The molecular formula is C25H44N4O4S4. The van der Waals surface area contributed by atoms with Gasteiger partial charge in [-0.15, -0.1) is 0 Å². The largest absolute Gasteiger partial charge is 0.340 e. The van der Waals surface area contributed by atoms with E-state index in [1.807, 2.05) is 23.6 Å². The van der Waals surface area contributed by atoms with E-state index >= 15 is 0 Å².